The number of benzene rings is 2. The average molecular weight is 418 g/mol. The standard InChI is InChI=1S/C20H17Cl2N3OS/c1-3-10-25-19(17-9-6-15(21)11-18(17)22)13-27-20(25)24-23-12-14-4-7-16(26-2)8-5-14/h3-9,11-13H,1,10H2,2H3/b23-12-,24-20-. The minimum absolute atomic E-state index is 0.589. The Bertz CT molecular complexity index is 1040. The summed E-state index contributed by atoms with van der Waals surface area (Å²) in [7, 11) is 1.64. The Hall–Kier alpha value is -2.34. The molecule has 0 saturated heterocycles. The number of ether oxygens (including phenoxy) is 1. The highest BCUT2D eigenvalue weighted by atomic mass is 35.5. The van der Waals surface area contributed by atoms with E-state index < -0.39 is 0 Å². The zero-order valence-corrected chi connectivity index (χ0v) is 16.9. The maximum atomic E-state index is 6.37. The number of hydrogen-bond donors (Lipinski definition) is 0. The van der Waals surface area contributed by atoms with Gasteiger partial charge in [0.2, 0.25) is 4.80 Å². The molecule has 0 N–H and O–H groups in total. The van der Waals surface area contributed by atoms with Gasteiger partial charge >= 0.3 is 0 Å². The molecule has 0 bridgehead atoms. The average Bonchev–Trinajstić information content (AvgIpc) is 3.05. The molecule has 0 aliphatic heterocycles. The van der Waals surface area contributed by atoms with Crippen molar-refractivity contribution in [3.8, 4) is 17.0 Å². The number of nitrogens with zero attached hydrogens (tertiary/aromatic N) is 3. The van der Waals surface area contributed by atoms with Crippen LogP contribution in [0.1, 0.15) is 5.56 Å². The van der Waals surface area contributed by atoms with E-state index in [1.807, 2.05) is 52.4 Å². The van der Waals surface area contributed by atoms with Crippen molar-refractivity contribution in [2.24, 2.45) is 10.2 Å². The van der Waals surface area contributed by atoms with Crippen LogP contribution in [0.5, 0.6) is 5.75 Å². The van der Waals surface area contributed by atoms with Gasteiger partial charge < -0.3 is 9.30 Å². The highest BCUT2D eigenvalue weighted by molar-refractivity contribution is 7.07. The molecule has 3 rings (SSSR count). The summed E-state index contributed by atoms with van der Waals surface area (Å²) in [5.41, 5.74) is 2.77. The molecular formula is C20H17Cl2N3OS. The quantitative estimate of drug-likeness (QED) is 0.290. The van der Waals surface area contributed by atoms with Crippen molar-refractivity contribution in [3.63, 3.8) is 0 Å². The number of halogens is 2. The summed E-state index contributed by atoms with van der Waals surface area (Å²) in [4.78, 5) is 0.751. The van der Waals surface area contributed by atoms with Crippen molar-refractivity contribution in [3.05, 3.63) is 80.9 Å². The van der Waals surface area contributed by atoms with Crippen molar-refractivity contribution in [1.82, 2.24) is 4.57 Å². The fourth-order valence-corrected chi connectivity index (χ4v) is 3.83. The van der Waals surface area contributed by atoms with Gasteiger partial charge in [0.25, 0.3) is 0 Å². The first-order valence-electron chi connectivity index (χ1n) is 8.08. The van der Waals surface area contributed by atoms with E-state index in [9.17, 15) is 0 Å². The lowest BCUT2D eigenvalue weighted by Gasteiger charge is -2.08. The second kappa shape index (κ2) is 9.04. The van der Waals surface area contributed by atoms with Crippen LogP contribution in [0.15, 0.2) is 70.7 Å². The molecule has 0 fully saturated rings. The summed E-state index contributed by atoms with van der Waals surface area (Å²) in [6.07, 6.45) is 3.51. The van der Waals surface area contributed by atoms with Crippen LogP contribution in [-0.4, -0.2) is 17.9 Å². The topological polar surface area (TPSA) is 38.9 Å². The molecule has 1 heterocycles. The van der Waals surface area contributed by atoms with E-state index in [4.69, 9.17) is 27.9 Å². The Labute approximate surface area is 171 Å². The third-order valence-corrected chi connectivity index (χ3v) is 5.18. The summed E-state index contributed by atoms with van der Waals surface area (Å²) < 4.78 is 7.16. The van der Waals surface area contributed by atoms with Crippen molar-refractivity contribution in [2.45, 2.75) is 6.54 Å². The van der Waals surface area contributed by atoms with Crippen LogP contribution < -0.4 is 9.54 Å². The molecule has 3 aromatic rings. The fraction of sp³-hybridized carbons (Fsp3) is 0.100. The van der Waals surface area contributed by atoms with Gasteiger partial charge in [0.1, 0.15) is 5.75 Å². The highest BCUT2D eigenvalue weighted by Gasteiger charge is 2.11. The molecule has 0 spiro atoms. The highest BCUT2D eigenvalue weighted by Crippen LogP contribution is 2.30. The third-order valence-electron chi connectivity index (χ3n) is 3.78. The molecule has 0 atom stereocenters. The van der Waals surface area contributed by atoms with Crippen LogP contribution in [0.3, 0.4) is 0 Å². The second-order valence-electron chi connectivity index (χ2n) is 5.54. The normalized spacial score (nSPS) is 11.9. The number of allylic oxidation sites excluding steroid dienone is 1. The van der Waals surface area contributed by atoms with Crippen LogP contribution in [0, 0.1) is 0 Å². The molecule has 0 radical (unpaired) electrons. The van der Waals surface area contributed by atoms with Crippen LogP contribution in [0.25, 0.3) is 11.3 Å². The Morgan fingerprint density at radius 3 is 2.63 bits per heavy atom. The van der Waals surface area contributed by atoms with Crippen molar-refractivity contribution in [1.29, 1.82) is 0 Å². The first-order chi connectivity index (χ1) is 13.1. The molecule has 1 aromatic heterocycles. The Balaban J connectivity index is 1.95. The van der Waals surface area contributed by atoms with Gasteiger partial charge in [0.15, 0.2) is 0 Å². The molecule has 0 aliphatic carbocycles. The van der Waals surface area contributed by atoms with Gasteiger partial charge in [-0.25, -0.2) is 0 Å². The largest absolute Gasteiger partial charge is 0.497 e. The lowest BCUT2D eigenvalue weighted by Crippen LogP contribution is -2.14. The van der Waals surface area contributed by atoms with Crippen molar-refractivity contribution in [2.75, 3.05) is 7.11 Å². The summed E-state index contributed by atoms with van der Waals surface area (Å²) >= 11 is 13.9. The van der Waals surface area contributed by atoms with Gasteiger partial charge in [-0.3, -0.25) is 0 Å². The molecule has 0 saturated carbocycles. The van der Waals surface area contributed by atoms with Crippen LogP contribution >= 0.6 is 34.5 Å². The van der Waals surface area contributed by atoms with E-state index in [1.165, 1.54) is 11.3 Å². The lowest BCUT2D eigenvalue weighted by atomic mass is 10.1. The smallest absolute Gasteiger partial charge is 0.211 e. The van der Waals surface area contributed by atoms with Crippen LogP contribution in [0.2, 0.25) is 10.0 Å². The summed E-state index contributed by atoms with van der Waals surface area (Å²) in [5, 5.41) is 11.8. The van der Waals surface area contributed by atoms with E-state index in [0.717, 1.165) is 27.4 Å². The minimum atomic E-state index is 0.589. The predicted octanol–water partition coefficient (Wildman–Crippen LogP) is 5.65. The van der Waals surface area contributed by atoms with Crippen molar-refractivity contribution < 1.29 is 4.74 Å². The molecule has 4 nitrogen and oxygen atoms in total. The summed E-state index contributed by atoms with van der Waals surface area (Å²) in [6, 6.07) is 13.0. The van der Waals surface area contributed by atoms with Gasteiger partial charge in [0, 0.05) is 22.5 Å². The molecule has 0 unspecified atom stereocenters. The Morgan fingerprint density at radius 2 is 1.96 bits per heavy atom. The zero-order chi connectivity index (χ0) is 19.2. The molecule has 7 heteroatoms. The maximum absolute atomic E-state index is 6.37. The van der Waals surface area contributed by atoms with E-state index in [1.54, 1.807) is 19.4 Å². The minimum Gasteiger partial charge on any atom is -0.497 e. The molecule has 0 aliphatic rings. The third kappa shape index (κ3) is 4.69. The first-order valence-corrected chi connectivity index (χ1v) is 9.71. The molecule has 27 heavy (non-hydrogen) atoms. The van der Waals surface area contributed by atoms with Gasteiger partial charge in [0.05, 0.1) is 24.0 Å². The van der Waals surface area contributed by atoms with Gasteiger partial charge in [-0.05, 0) is 48.0 Å². The first kappa shape index (κ1) is 19.4. The van der Waals surface area contributed by atoms with Gasteiger partial charge in [-0.2, -0.15) is 5.10 Å². The maximum Gasteiger partial charge on any atom is 0.211 e. The molecule has 0 amide bonds. The van der Waals surface area contributed by atoms with E-state index >= 15 is 0 Å². The number of rotatable bonds is 6. The number of methoxy groups -OCH3 is 1. The van der Waals surface area contributed by atoms with E-state index in [0.29, 0.717) is 16.6 Å². The Kier molecular flexibility index (Phi) is 6.50. The van der Waals surface area contributed by atoms with Crippen molar-refractivity contribution >= 4 is 40.8 Å². The van der Waals surface area contributed by atoms with E-state index in [-0.39, 0.29) is 0 Å². The van der Waals surface area contributed by atoms with Crippen LogP contribution in [-0.2, 0) is 6.54 Å². The zero-order valence-electron chi connectivity index (χ0n) is 14.6. The predicted molar refractivity (Wildman–Crippen MR) is 114 cm³/mol. The van der Waals surface area contributed by atoms with Crippen LogP contribution in [0.4, 0.5) is 0 Å². The summed E-state index contributed by atoms with van der Waals surface area (Å²) in [5.74, 6) is 0.802. The van der Waals surface area contributed by atoms with Gasteiger partial charge in [-0.15, -0.1) is 23.0 Å². The fourth-order valence-electron chi connectivity index (χ4n) is 2.46. The monoisotopic (exact) mass is 417 g/mol. The summed E-state index contributed by atoms with van der Waals surface area (Å²) in [6.45, 7) is 4.42. The van der Waals surface area contributed by atoms with E-state index in [2.05, 4.69) is 16.8 Å². The number of thiazole rings is 1. The SMILES string of the molecule is C=CCn1c(-c2ccc(Cl)cc2Cl)cs/c1=N\N=C/c1ccc(OC)cc1. The molecule has 2 aromatic carbocycles. The molecule has 138 valence electrons. The number of hydrogen-bond acceptors (Lipinski definition) is 4. The Morgan fingerprint density at radius 1 is 1.19 bits per heavy atom. The second-order valence-corrected chi connectivity index (χ2v) is 7.22. The molecular weight excluding hydrogens is 401 g/mol. The number of aromatic nitrogens is 1. The van der Waals surface area contributed by atoms with Gasteiger partial charge in [-0.1, -0.05) is 29.3 Å². The lowest BCUT2D eigenvalue weighted by molar-refractivity contribution is 0.415.